The summed E-state index contributed by atoms with van der Waals surface area (Å²) in [5.41, 5.74) is 3.51. The predicted octanol–water partition coefficient (Wildman–Crippen LogP) is 8.34. The van der Waals surface area contributed by atoms with E-state index in [2.05, 4.69) is 54.2 Å². The summed E-state index contributed by atoms with van der Waals surface area (Å²) < 4.78 is 0. The molecule has 0 nitrogen and oxygen atoms in total. The van der Waals surface area contributed by atoms with Crippen LogP contribution in [0.2, 0.25) is 0 Å². The molecule has 140 valence electrons. The molecule has 24 heavy (non-hydrogen) atoms. The molecule has 0 amide bonds. The van der Waals surface area contributed by atoms with Gasteiger partial charge in [0, 0.05) is 0 Å². The number of unbranched alkanes of at least 4 members (excludes halogenated alkanes) is 1. The summed E-state index contributed by atoms with van der Waals surface area (Å²) in [5.74, 6) is 2.47. The molecule has 1 unspecified atom stereocenters. The van der Waals surface area contributed by atoms with E-state index < -0.39 is 0 Å². The lowest BCUT2D eigenvalue weighted by molar-refractivity contribution is 0.297. The van der Waals surface area contributed by atoms with Crippen LogP contribution in [0.3, 0.4) is 0 Å². The summed E-state index contributed by atoms with van der Waals surface area (Å²) in [6.07, 6.45) is 15.8. The molecule has 0 radical (unpaired) electrons. The van der Waals surface area contributed by atoms with Gasteiger partial charge in [-0.05, 0) is 74.5 Å². The van der Waals surface area contributed by atoms with E-state index in [1.807, 2.05) is 0 Å². The second-order valence-corrected chi connectivity index (χ2v) is 9.59. The first-order valence-electron chi connectivity index (χ1n) is 10.6. The van der Waals surface area contributed by atoms with Crippen molar-refractivity contribution < 1.29 is 0 Å². The fourth-order valence-electron chi connectivity index (χ4n) is 4.19. The topological polar surface area (TPSA) is 0 Å². The molecule has 0 bridgehead atoms. The summed E-state index contributed by atoms with van der Waals surface area (Å²) in [6.45, 7) is 18.8. The Hall–Kier alpha value is -0.520. The van der Waals surface area contributed by atoms with Crippen LogP contribution in [0.4, 0.5) is 0 Å². The molecule has 0 aromatic rings. The van der Waals surface area contributed by atoms with Crippen LogP contribution in [0, 0.1) is 23.2 Å². The van der Waals surface area contributed by atoms with Crippen molar-refractivity contribution in [3.63, 3.8) is 0 Å². The minimum atomic E-state index is 0.299. The lowest BCUT2D eigenvalue weighted by Crippen LogP contribution is -2.18. The van der Waals surface area contributed by atoms with E-state index in [-0.39, 0.29) is 0 Å². The van der Waals surface area contributed by atoms with Gasteiger partial charge in [0.05, 0.1) is 0 Å². The Labute approximate surface area is 153 Å². The number of allylic oxidation sites excluding steroid dienone is 3. The van der Waals surface area contributed by atoms with Crippen LogP contribution in [0.1, 0.15) is 106 Å². The number of rotatable bonds is 11. The molecule has 0 N–H and O–H groups in total. The molecule has 1 aliphatic carbocycles. The Balaban J connectivity index is 2.28. The fraction of sp³-hybridized carbons (Fsp3) is 0.833. The molecule has 0 aliphatic heterocycles. The highest BCUT2D eigenvalue weighted by molar-refractivity contribution is 5.10. The van der Waals surface area contributed by atoms with Crippen molar-refractivity contribution in [3.05, 3.63) is 23.8 Å². The maximum Gasteiger partial charge on any atom is -0.0145 e. The molecule has 0 aromatic carbocycles. The van der Waals surface area contributed by atoms with Gasteiger partial charge in [0.15, 0.2) is 0 Å². The van der Waals surface area contributed by atoms with Crippen LogP contribution in [0.15, 0.2) is 23.8 Å². The molecule has 0 saturated heterocycles. The van der Waals surface area contributed by atoms with Crippen molar-refractivity contribution in [1.29, 1.82) is 0 Å². The van der Waals surface area contributed by atoms with Crippen LogP contribution in [0.25, 0.3) is 0 Å². The van der Waals surface area contributed by atoms with Crippen LogP contribution in [0.5, 0.6) is 0 Å². The highest BCUT2D eigenvalue weighted by Gasteiger charge is 2.24. The zero-order valence-electron chi connectivity index (χ0n) is 17.6. The third kappa shape index (κ3) is 8.04. The fourth-order valence-corrected chi connectivity index (χ4v) is 4.19. The minimum Gasteiger partial charge on any atom is -0.0993 e. The summed E-state index contributed by atoms with van der Waals surface area (Å²) in [7, 11) is 0. The van der Waals surface area contributed by atoms with Crippen molar-refractivity contribution >= 4 is 0 Å². The number of hydrogen-bond donors (Lipinski definition) is 0. The highest BCUT2D eigenvalue weighted by Crippen LogP contribution is 2.37. The first-order valence-corrected chi connectivity index (χ1v) is 10.6. The maximum absolute atomic E-state index is 4.46. The van der Waals surface area contributed by atoms with Crippen LogP contribution in [-0.4, -0.2) is 0 Å². The van der Waals surface area contributed by atoms with Gasteiger partial charge in [-0.3, -0.25) is 0 Å². The smallest absolute Gasteiger partial charge is 0.0145 e. The zero-order valence-corrected chi connectivity index (χ0v) is 17.6. The average Bonchev–Trinajstić information content (AvgIpc) is 2.50. The Morgan fingerprint density at radius 1 is 1.21 bits per heavy atom. The molecule has 1 aliphatic rings. The molecule has 0 saturated carbocycles. The highest BCUT2D eigenvalue weighted by atomic mass is 14.3. The molecule has 2 atom stereocenters. The zero-order chi connectivity index (χ0) is 18.2. The van der Waals surface area contributed by atoms with Gasteiger partial charge in [0.2, 0.25) is 0 Å². The Morgan fingerprint density at radius 3 is 2.54 bits per heavy atom. The van der Waals surface area contributed by atoms with Gasteiger partial charge in [0.25, 0.3) is 0 Å². The van der Waals surface area contributed by atoms with E-state index in [1.165, 1.54) is 69.8 Å². The van der Waals surface area contributed by atoms with Gasteiger partial charge in [-0.2, -0.15) is 0 Å². The summed E-state index contributed by atoms with van der Waals surface area (Å²) >= 11 is 0. The lowest BCUT2D eigenvalue weighted by Gasteiger charge is -2.31. The average molecular weight is 333 g/mol. The largest absolute Gasteiger partial charge is 0.0993 e. The van der Waals surface area contributed by atoms with Crippen molar-refractivity contribution in [3.8, 4) is 0 Å². The van der Waals surface area contributed by atoms with Crippen LogP contribution in [-0.2, 0) is 0 Å². The monoisotopic (exact) mass is 332 g/mol. The molecule has 1 rings (SSSR count). The third-order valence-electron chi connectivity index (χ3n) is 6.13. The van der Waals surface area contributed by atoms with E-state index in [0.29, 0.717) is 5.41 Å². The SMILES string of the molecule is C=C(CCCCC1=CCCCC1C)C(C)(C)C[C@@H](C)CCC(C)C. The Bertz CT molecular complexity index is 396. The van der Waals surface area contributed by atoms with Crippen LogP contribution < -0.4 is 0 Å². The van der Waals surface area contributed by atoms with Crippen molar-refractivity contribution in [2.45, 2.75) is 106 Å². The standard InChI is InChI=1S/C24H44/c1-19(2)16-17-20(3)18-24(6,7)22(5)13-9-11-15-23-14-10-8-12-21(23)4/h14,19-21H,5,8-13,15-18H2,1-4,6-7H3/t20-,21?/m0/s1. The molecule has 0 aromatic heterocycles. The van der Waals surface area contributed by atoms with Crippen molar-refractivity contribution in [2.24, 2.45) is 23.2 Å². The van der Waals surface area contributed by atoms with E-state index in [1.54, 1.807) is 5.57 Å². The van der Waals surface area contributed by atoms with Gasteiger partial charge in [-0.1, -0.05) is 78.2 Å². The molecular formula is C24H44. The quantitative estimate of drug-likeness (QED) is 0.263. The Kier molecular flexibility index (Phi) is 9.39. The van der Waals surface area contributed by atoms with Gasteiger partial charge in [-0.25, -0.2) is 0 Å². The molecular weight excluding hydrogens is 288 g/mol. The van der Waals surface area contributed by atoms with Gasteiger partial charge in [0.1, 0.15) is 0 Å². The van der Waals surface area contributed by atoms with Crippen molar-refractivity contribution in [2.75, 3.05) is 0 Å². The first-order chi connectivity index (χ1) is 11.2. The third-order valence-corrected chi connectivity index (χ3v) is 6.13. The molecule has 0 spiro atoms. The normalized spacial score (nSPS) is 20.1. The minimum absolute atomic E-state index is 0.299. The van der Waals surface area contributed by atoms with E-state index in [4.69, 9.17) is 0 Å². The second-order valence-electron chi connectivity index (χ2n) is 9.59. The summed E-state index contributed by atoms with van der Waals surface area (Å²) in [6, 6.07) is 0. The van der Waals surface area contributed by atoms with Gasteiger partial charge in [-0.15, -0.1) is 0 Å². The lowest BCUT2D eigenvalue weighted by atomic mass is 9.74. The van der Waals surface area contributed by atoms with E-state index >= 15 is 0 Å². The van der Waals surface area contributed by atoms with E-state index in [0.717, 1.165) is 17.8 Å². The summed E-state index contributed by atoms with van der Waals surface area (Å²) in [4.78, 5) is 0. The van der Waals surface area contributed by atoms with Crippen molar-refractivity contribution in [1.82, 2.24) is 0 Å². The molecule has 0 fully saturated rings. The van der Waals surface area contributed by atoms with Gasteiger partial charge < -0.3 is 0 Å². The molecule has 0 heterocycles. The maximum atomic E-state index is 4.46. The van der Waals surface area contributed by atoms with Gasteiger partial charge >= 0.3 is 0 Å². The Morgan fingerprint density at radius 2 is 1.92 bits per heavy atom. The number of hydrogen-bond acceptors (Lipinski definition) is 0. The molecule has 0 heteroatoms. The van der Waals surface area contributed by atoms with Crippen LogP contribution >= 0.6 is 0 Å². The summed E-state index contributed by atoms with van der Waals surface area (Å²) in [5, 5.41) is 0. The predicted molar refractivity (Wildman–Crippen MR) is 110 cm³/mol. The van der Waals surface area contributed by atoms with E-state index in [9.17, 15) is 0 Å². The second kappa shape index (κ2) is 10.5. The first kappa shape index (κ1) is 21.5.